The van der Waals surface area contributed by atoms with Crippen LogP contribution in [-0.2, 0) is 6.42 Å². The molecule has 3 rings (SSSR count). The Balaban J connectivity index is 1.55. The molecule has 128 valence electrons. The number of rotatable bonds is 6. The molecule has 0 aliphatic carbocycles. The summed E-state index contributed by atoms with van der Waals surface area (Å²) in [6.45, 7) is 0.305. The second-order valence-corrected chi connectivity index (χ2v) is 5.25. The maximum absolute atomic E-state index is 13.1. The van der Waals surface area contributed by atoms with Gasteiger partial charge in [0.1, 0.15) is 11.6 Å². The van der Waals surface area contributed by atoms with E-state index in [2.05, 4.69) is 15.5 Å². The maximum Gasteiger partial charge on any atom is 0.251 e. The Kier molecular flexibility index (Phi) is 5.03. The summed E-state index contributed by atoms with van der Waals surface area (Å²) < 4.78 is 23.8. The van der Waals surface area contributed by atoms with Gasteiger partial charge in [-0.25, -0.2) is 4.39 Å². The lowest BCUT2D eigenvalue weighted by molar-refractivity contribution is 0.0953. The minimum absolute atomic E-state index is 0.268. The summed E-state index contributed by atoms with van der Waals surface area (Å²) >= 11 is 0. The minimum atomic E-state index is -0.450. The van der Waals surface area contributed by atoms with Crippen molar-refractivity contribution in [3.63, 3.8) is 0 Å². The van der Waals surface area contributed by atoms with Crippen LogP contribution in [0.3, 0.4) is 0 Å². The lowest BCUT2D eigenvalue weighted by Gasteiger charge is -2.03. The van der Waals surface area contributed by atoms with Crippen LogP contribution in [0.1, 0.15) is 16.2 Å². The first-order chi connectivity index (χ1) is 12.2. The standard InChI is InChI=1S/C18H16FN3O3/c1-24-15-7-5-12(6-8-15)18-22-21-16(25-18)9-10-20-17(23)13-3-2-4-14(19)11-13/h2-8,11H,9-10H2,1H3,(H,20,23). The van der Waals surface area contributed by atoms with Gasteiger partial charge in [0.15, 0.2) is 0 Å². The van der Waals surface area contributed by atoms with E-state index in [1.54, 1.807) is 25.3 Å². The molecule has 0 saturated heterocycles. The zero-order valence-corrected chi connectivity index (χ0v) is 13.5. The zero-order valence-electron chi connectivity index (χ0n) is 13.5. The van der Waals surface area contributed by atoms with E-state index in [9.17, 15) is 9.18 Å². The fraction of sp³-hybridized carbons (Fsp3) is 0.167. The van der Waals surface area contributed by atoms with Crippen molar-refractivity contribution in [1.82, 2.24) is 15.5 Å². The first-order valence-electron chi connectivity index (χ1n) is 7.66. The van der Waals surface area contributed by atoms with Crippen molar-refractivity contribution in [3.8, 4) is 17.2 Å². The molecule has 0 saturated carbocycles. The van der Waals surface area contributed by atoms with Crippen LogP contribution in [0.25, 0.3) is 11.5 Å². The van der Waals surface area contributed by atoms with Gasteiger partial charge in [0, 0.05) is 24.1 Å². The van der Waals surface area contributed by atoms with Gasteiger partial charge in [-0.05, 0) is 42.5 Å². The van der Waals surface area contributed by atoms with E-state index in [4.69, 9.17) is 9.15 Å². The Morgan fingerprint density at radius 1 is 1.20 bits per heavy atom. The molecule has 2 aromatic carbocycles. The van der Waals surface area contributed by atoms with Gasteiger partial charge >= 0.3 is 0 Å². The number of carbonyl (C=O) groups is 1. The average molecular weight is 341 g/mol. The van der Waals surface area contributed by atoms with Gasteiger partial charge in [-0.15, -0.1) is 10.2 Å². The number of amides is 1. The summed E-state index contributed by atoms with van der Waals surface area (Å²) in [7, 11) is 1.60. The molecule has 1 N–H and O–H groups in total. The van der Waals surface area contributed by atoms with Crippen molar-refractivity contribution in [2.24, 2.45) is 0 Å². The van der Waals surface area contributed by atoms with E-state index in [0.717, 1.165) is 11.3 Å². The predicted molar refractivity (Wildman–Crippen MR) is 88.7 cm³/mol. The quantitative estimate of drug-likeness (QED) is 0.746. The van der Waals surface area contributed by atoms with Crippen LogP contribution in [0.2, 0.25) is 0 Å². The Morgan fingerprint density at radius 3 is 2.72 bits per heavy atom. The van der Waals surface area contributed by atoms with E-state index in [0.29, 0.717) is 24.7 Å². The minimum Gasteiger partial charge on any atom is -0.497 e. The van der Waals surface area contributed by atoms with E-state index >= 15 is 0 Å². The Bertz CT molecular complexity index is 862. The van der Waals surface area contributed by atoms with Crippen LogP contribution in [0, 0.1) is 5.82 Å². The first-order valence-corrected chi connectivity index (χ1v) is 7.66. The predicted octanol–water partition coefficient (Wildman–Crippen LogP) is 2.86. The number of benzene rings is 2. The summed E-state index contributed by atoms with van der Waals surface area (Å²) in [5, 5.41) is 10.6. The van der Waals surface area contributed by atoms with Gasteiger partial charge in [0.05, 0.1) is 7.11 Å². The lowest BCUT2D eigenvalue weighted by atomic mass is 10.2. The molecule has 0 spiro atoms. The molecular formula is C18H16FN3O3. The van der Waals surface area contributed by atoms with Crippen LogP contribution < -0.4 is 10.1 Å². The van der Waals surface area contributed by atoms with Gasteiger partial charge in [0.25, 0.3) is 5.91 Å². The summed E-state index contributed by atoms with van der Waals surface area (Å²) in [6.07, 6.45) is 0.379. The molecule has 7 heteroatoms. The van der Waals surface area contributed by atoms with Gasteiger partial charge in [-0.1, -0.05) is 6.07 Å². The molecule has 3 aromatic rings. The lowest BCUT2D eigenvalue weighted by Crippen LogP contribution is -2.25. The average Bonchev–Trinajstić information content (AvgIpc) is 3.10. The number of ether oxygens (including phenoxy) is 1. The smallest absolute Gasteiger partial charge is 0.251 e. The molecule has 1 amide bonds. The van der Waals surface area contributed by atoms with Crippen LogP contribution in [0.15, 0.2) is 52.9 Å². The summed E-state index contributed by atoms with van der Waals surface area (Å²) in [5.74, 6) is 0.742. The van der Waals surface area contributed by atoms with Crippen molar-refractivity contribution >= 4 is 5.91 Å². The molecule has 0 bridgehead atoms. The van der Waals surface area contributed by atoms with Crippen LogP contribution in [-0.4, -0.2) is 29.8 Å². The fourth-order valence-electron chi connectivity index (χ4n) is 2.22. The normalized spacial score (nSPS) is 10.5. The van der Waals surface area contributed by atoms with Gasteiger partial charge < -0.3 is 14.5 Å². The Labute approximate surface area is 143 Å². The number of nitrogens with one attached hydrogen (secondary N) is 1. The molecule has 0 aliphatic heterocycles. The van der Waals surface area contributed by atoms with E-state index in [-0.39, 0.29) is 11.5 Å². The van der Waals surface area contributed by atoms with E-state index < -0.39 is 5.82 Å². The number of hydrogen-bond donors (Lipinski definition) is 1. The molecule has 0 fully saturated rings. The summed E-state index contributed by atoms with van der Waals surface area (Å²) in [5.41, 5.74) is 1.05. The molecular weight excluding hydrogens is 325 g/mol. The Hall–Kier alpha value is -3.22. The van der Waals surface area contributed by atoms with Crippen LogP contribution in [0.4, 0.5) is 4.39 Å². The summed E-state index contributed by atoms with van der Waals surface area (Å²) in [4.78, 5) is 11.9. The second kappa shape index (κ2) is 7.57. The molecule has 0 radical (unpaired) electrons. The third kappa shape index (κ3) is 4.20. The van der Waals surface area contributed by atoms with Crippen molar-refractivity contribution in [1.29, 1.82) is 0 Å². The monoisotopic (exact) mass is 341 g/mol. The number of carbonyl (C=O) groups excluding carboxylic acids is 1. The number of methoxy groups -OCH3 is 1. The number of halogens is 1. The van der Waals surface area contributed by atoms with Gasteiger partial charge in [-0.2, -0.15) is 0 Å². The molecule has 1 aromatic heterocycles. The highest BCUT2D eigenvalue weighted by Crippen LogP contribution is 2.21. The highest BCUT2D eigenvalue weighted by Gasteiger charge is 2.10. The first kappa shape index (κ1) is 16.6. The van der Waals surface area contributed by atoms with Crippen LogP contribution >= 0.6 is 0 Å². The fourth-order valence-corrected chi connectivity index (χ4v) is 2.22. The number of aromatic nitrogens is 2. The Morgan fingerprint density at radius 2 is 2.00 bits per heavy atom. The number of hydrogen-bond acceptors (Lipinski definition) is 5. The molecule has 1 heterocycles. The van der Waals surface area contributed by atoms with E-state index in [1.807, 2.05) is 12.1 Å². The molecule has 0 aliphatic rings. The van der Waals surface area contributed by atoms with Crippen LogP contribution in [0.5, 0.6) is 5.75 Å². The molecule has 25 heavy (non-hydrogen) atoms. The van der Waals surface area contributed by atoms with Crippen molar-refractivity contribution in [2.45, 2.75) is 6.42 Å². The van der Waals surface area contributed by atoms with Gasteiger partial charge in [-0.3, -0.25) is 4.79 Å². The largest absolute Gasteiger partial charge is 0.497 e. The number of nitrogens with zero attached hydrogens (tertiary/aromatic N) is 2. The van der Waals surface area contributed by atoms with Crippen molar-refractivity contribution < 1.29 is 18.3 Å². The SMILES string of the molecule is COc1ccc(-c2nnc(CCNC(=O)c3cccc(F)c3)o2)cc1. The molecule has 0 unspecified atom stereocenters. The third-order valence-electron chi connectivity index (χ3n) is 3.52. The second-order valence-electron chi connectivity index (χ2n) is 5.25. The molecule has 6 nitrogen and oxygen atoms in total. The highest BCUT2D eigenvalue weighted by molar-refractivity contribution is 5.94. The van der Waals surface area contributed by atoms with Crippen molar-refractivity contribution in [3.05, 3.63) is 65.8 Å². The van der Waals surface area contributed by atoms with Gasteiger partial charge in [0.2, 0.25) is 11.8 Å². The summed E-state index contributed by atoms with van der Waals surface area (Å²) in [6, 6.07) is 12.8. The topological polar surface area (TPSA) is 77.3 Å². The van der Waals surface area contributed by atoms with Crippen molar-refractivity contribution in [2.75, 3.05) is 13.7 Å². The highest BCUT2D eigenvalue weighted by atomic mass is 19.1. The molecule has 0 atom stereocenters. The zero-order chi connectivity index (χ0) is 17.6. The third-order valence-corrected chi connectivity index (χ3v) is 3.52. The maximum atomic E-state index is 13.1. The van der Waals surface area contributed by atoms with E-state index in [1.165, 1.54) is 18.2 Å².